The molecule has 108 valence electrons. The van der Waals surface area contributed by atoms with Gasteiger partial charge in [-0.1, -0.05) is 11.6 Å². The molecule has 0 fully saturated rings. The Morgan fingerprint density at radius 1 is 1.62 bits per heavy atom. The van der Waals surface area contributed by atoms with E-state index in [1.54, 1.807) is 6.92 Å². The number of hydrogen-bond donors (Lipinski definition) is 2. The predicted octanol–water partition coefficient (Wildman–Crippen LogP) is 2.37. The largest absolute Gasteiger partial charge is 0.489 e. The number of nitrogens with zero attached hydrogens (tertiary/aromatic N) is 4. The van der Waals surface area contributed by atoms with Gasteiger partial charge in [0.1, 0.15) is 11.6 Å². The van der Waals surface area contributed by atoms with Gasteiger partial charge >= 0.3 is 0 Å². The first-order valence-corrected chi connectivity index (χ1v) is 6.26. The lowest BCUT2D eigenvalue weighted by Gasteiger charge is -2.10. The molecular weight excluding hydrogens is 299 g/mol. The fraction of sp³-hybridized carbons (Fsp3) is 0.167. The quantitative estimate of drug-likeness (QED) is 0.823. The molecule has 0 bridgehead atoms. The number of halogens is 2. The van der Waals surface area contributed by atoms with Crippen molar-refractivity contribution in [1.29, 1.82) is 5.26 Å². The topological polar surface area (TPSA) is 99.5 Å². The Balaban J connectivity index is 2.28. The lowest BCUT2D eigenvalue weighted by molar-refractivity contribution is 0.322. The van der Waals surface area contributed by atoms with Gasteiger partial charge in [-0.05, 0) is 24.3 Å². The second kappa shape index (κ2) is 6.67. The maximum atomic E-state index is 14.2. The van der Waals surface area contributed by atoms with Crippen LogP contribution < -0.4 is 10.1 Å². The van der Waals surface area contributed by atoms with Crippen LogP contribution in [-0.4, -0.2) is 27.2 Å². The summed E-state index contributed by atoms with van der Waals surface area (Å²) >= 11 is 5.86. The summed E-state index contributed by atoms with van der Waals surface area (Å²) in [6, 6.07) is 4.80. The Kier molecular flexibility index (Phi) is 4.68. The van der Waals surface area contributed by atoms with Crippen molar-refractivity contribution < 1.29 is 9.13 Å². The second-order valence-corrected chi connectivity index (χ2v) is 4.13. The van der Waals surface area contributed by atoms with Crippen molar-refractivity contribution in [3.63, 3.8) is 0 Å². The first-order chi connectivity index (χ1) is 10.2. The molecule has 2 rings (SSSR count). The Labute approximate surface area is 124 Å². The minimum absolute atomic E-state index is 0.0457. The normalized spacial score (nSPS) is 11.0. The zero-order valence-electron chi connectivity index (χ0n) is 10.9. The first kappa shape index (κ1) is 14.7. The molecular formula is C12H10ClFN6O. The lowest BCUT2D eigenvalue weighted by atomic mass is 10.2. The molecule has 0 saturated carbocycles. The van der Waals surface area contributed by atoms with Crippen LogP contribution in [0.25, 0.3) is 5.57 Å². The van der Waals surface area contributed by atoms with E-state index in [9.17, 15) is 4.39 Å². The van der Waals surface area contributed by atoms with E-state index < -0.39 is 5.82 Å². The number of nitrogens with one attached hydrogen (secondary N) is 2. The highest BCUT2D eigenvalue weighted by atomic mass is 35.5. The number of hydrogen-bond acceptors (Lipinski definition) is 6. The highest BCUT2D eigenvalue weighted by Gasteiger charge is 2.13. The standard InChI is InChI=1S/C12H10ClFN6O/c1-2-21-11-8(13)3-4-9(10(11)14)16-6-7(5-15)12-17-19-20-18-12/h3-4,6,16H,2H2,1H3,(H,17,18,19,20). The third-order valence-electron chi connectivity index (χ3n) is 2.42. The summed E-state index contributed by atoms with van der Waals surface area (Å²) in [5, 5.41) is 24.7. The molecule has 7 nitrogen and oxygen atoms in total. The molecule has 9 heteroatoms. The van der Waals surface area contributed by atoms with Crippen molar-refractivity contribution in [1.82, 2.24) is 20.6 Å². The molecule has 1 heterocycles. The number of anilines is 1. The van der Waals surface area contributed by atoms with E-state index in [1.165, 1.54) is 18.3 Å². The molecule has 0 saturated heterocycles. The van der Waals surface area contributed by atoms with Gasteiger partial charge in [-0.2, -0.15) is 10.5 Å². The van der Waals surface area contributed by atoms with E-state index in [0.717, 1.165) is 0 Å². The van der Waals surface area contributed by atoms with E-state index >= 15 is 0 Å². The number of nitriles is 1. The van der Waals surface area contributed by atoms with Crippen LogP contribution in [0.2, 0.25) is 5.02 Å². The molecule has 0 unspecified atom stereocenters. The molecule has 0 amide bonds. The summed E-state index contributed by atoms with van der Waals surface area (Å²) in [7, 11) is 0. The summed E-state index contributed by atoms with van der Waals surface area (Å²) in [4.78, 5) is 0. The Bertz CT molecular complexity index is 695. The van der Waals surface area contributed by atoms with Crippen molar-refractivity contribution >= 4 is 22.9 Å². The van der Waals surface area contributed by atoms with Crippen molar-refractivity contribution in [2.75, 3.05) is 11.9 Å². The Morgan fingerprint density at radius 3 is 3.05 bits per heavy atom. The average molecular weight is 309 g/mol. The van der Waals surface area contributed by atoms with Crippen LogP contribution in [0.4, 0.5) is 10.1 Å². The monoisotopic (exact) mass is 308 g/mol. The number of aromatic nitrogens is 4. The predicted molar refractivity (Wildman–Crippen MR) is 74.0 cm³/mol. The van der Waals surface area contributed by atoms with E-state index in [2.05, 4.69) is 25.9 Å². The van der Waals surface area contributed by atoms with Crippen molar-refractivity contribution in [2.24, 2.45) is 0 Å². The molecule has 2 N–H and O–H groups in total. The number of H-pyrrole nitrogens is 1. The molecule has 0 aliphatic rings. The summed E-state index contributed by atoms with van der Waals surface area (Å²) in [5.41, 5.74) is 0.204. The number of benzene rings is 1. The van der Waals surface area contributed by atoms with Gasteiger partial charge in [0, 0.05) is 6.20 Å². The molecule has 0 aliphatic heterocycles. The maximum Gasteiger partial charge on any atom is 0.216 e. The molecule has 2 aromatic rings. The van der Waals surface area contributed by atoms with Crippen LogP contribution >= 0.6 is 11.6 Å². The fourth-order valence-electron chi connectivity index (χ4n) is 1.49. The summed E-state index contributed by atoms with van der Waals surface area (Å²) < 4.78 is 19.3. The van der Waals surface area contributed by atoms with Gasteiger partial charge in [-0.15, -0.1) is 10.2 Å². The highest BCUT2D eigenvalue weighted by Crippen LogP contribution is 2.32. The van der Waals surface area contributed by atoms with Gasteiger partial charge in [-0.25, -0.2) is 4.39 Å². The van der Waals surface area contributed by atoms with Crippen LogP contribution in [0, 0.1) is 17.1 Å². The number of allylic oxidation sites excluding steroid dienone is 1. The van der Waals surface area contributed by atoms with Crippen molar-refractivity contribution in [3.05, 3.63) is 35.0 Å². The molecule has 0 atom stereocenters. The third-order valence-corrected chi connectivity index (χ3v) is 2.71. The number of rotatable bonds is 5. The van der Waals surface area contributed by atoms with Gasteiger partial charge in [-0.3, -0.25) is 0 Å². The first-order valence-electron chi connectivity index (χ1n) is 5.88. The minimum atomic E-state index is -0.647. The van der Waals surface area contributed by atoms with E-state index in [0.29, 0.717) is 0 Å². The zero-order valence-corrected chi connectivity index (χ0v) is 11.6. The summed E-state index contributed by atoms with van der Waals surface area (Å²) in [6.07, 6.45) is 1.27. The highest BCUT2D eigenvalue weighted by molar-refractivity contribution is 6.32. The van der Waals surface area contributed by atoms with Crippen LogP contribution in [0.3, 0.4) is 0 Å². The lowest BCUT2D eigenvalue weighted by Crippen LogP contribution is -2.00. The van der Waals surface area contributed by atoms with Gasteiger partial charge in [0.25, 0.3) is 0 Å². The number of tetrazole rings is 1. The SMILES string of the molecule is CCOc1c(Cl)ccc(NC=C(C#N)c2nn[nH]n2)c1F. The molecule has 1 aromatic heterocycles. The van der Waals surface area contributed by atoms with Gasteiger partial charge in [0.15, 0.2) is 11.6 Å². The number of aromatic amines is 1. The molecule has 0 aliphatic carbocycles. The third kappa shape index (κ3) is 3.27. The van der Waals surface area contributed by atoms with Gasteiger partial charge in [0.05, 0.1) is 17.3 Å². The van der Waals surface area contributed by atoms with Crippen LogP contribution in [0.15, 0.2) is 18.3 Å². The van der Waals surface area contributed by atoms with Crippen LogP contribution in [-0.2, 0) is 0 Å². The molecule has 0 spiro atoms. The zero-order chi connectivity index (χ0) is 15.2. The van der Waals surface area contributed by atoms with E-state index in [-0.39, 0.29) is 34.5 Å². The van der Waals surface area contributed by atoms with Gasteiger partial charge < -0.3 is 10.1 Å². The maximum absolute atomic E-state index is 14.2. The summed E-state index contributed by atoms with van der Waals surface area (Å²) in [5.74, 6) is -0.592. The van der Waals surface area contributed by atoms with E-state index in [4.69, 9.17) is 21.6 Å². The second-order valence-electron chi connectivity index (χ2n) is 3.72. The molecule has 1 aromatic carbocycles. The summed E-state index contributed by atoms with van der Waals surface area (Å²) in [6.45, 7) is 2.00. The smallest absolute Gasteiger partial charge is 0.216 e. The average Bonchev–Trinajstić information content (AvgIpc) is 3.00. The number of ether oxygens (including phenoxy) is 1. The van der Waals surface area contributed by atoms with Gasteiger partial charge in [0.2, 0.25) is 5.82 Å². The fourth-order valence-corrected chi connectivity index (χ4v) is 1.69. The van der Waals surface area contributed by atoms with Crippen LogP contribution in [0.5, 0.6) is 5.75 Å². The molecule has 21 heavy (non-hydrogen) atoms. The van der Waals surface area contributed by atoms with Crippen molar-refractivity contribution in [2.45, 2.75) is 6.92 Å². The Morgan fingerprint density at radius 2 is 2.43 bits per heavy atom. The van der Waals surface area contributed by atoms with E-state index in [1.807, 2.05) is 6.07 Å². The van der Waals surface area contributed by atoms with Crippen molar-refractivity contribution in [3.8, 4) is 11.8 Å². The molecule has 0 radical (unpaired) electrons. The minimum Gasteiger partial charge on any atom is -0.489 e. The van der Waals surface area contributed by atoms with Crippen LogP contribution in [0.1, 0.15) is 12.7 Å². The Hall–Kier alpha value is -2.66.